The van der Waals surface area contributed by atoms with Crippen LogP contribution in [-0.4, -0.2) is 29.4 Å². The van der Waals surface area contributed by atoms with Gasteiger partial charge in [-0.2, -0.15) is 0 Å². The van der Waals surface area contributed by atoms with E-state index in [0.29, 0.717) is 6.04 Å². The molecule has 0 radical (unpaired) electrons. The second kappa shape index (κ2) is 3.73. The molecule has 4 aliphatic rings. The average Bonchev–Trinajstić information content (AvgIpc) is 2.41. The Balaban J connectivity index is 1.83. The van der Waals surface area contributed by atoms with E-state index in [-0.39, 0.29) is 11.9 Å². The van der Waals surface area contributed by atoms with Gasteiger partial charge in [0.25, 0.3) is 0 Å². The van der Waals surface area contributed by atoms with Crippen LogP contribution in [0.25, 0.3) is 0 Å². The summed E-state index contributed by atoms with van der Waals surface area (Å²) in [5.41, 5.74) is 5.76. The number of rotatable bonds is 1. The largest absolute Gasteiger partial charge is 0.338 e. The molecule has 3 atom stereocenters. The Morgan fingerprint density at radius 1 is 1.12 bits per heavy atom. The SMILES string of the molecule is C[C@H](N)C(=O)N1CC2CC3CC(C2)CC1C3. The Morgan fingerprint density at radius 2 is 1.69 bits per heavy atom. The second-order valence-electron chi connectivity index (χ2n) is 6.21. The lowest BCUT2D eigenvalue weighted by Gasteiger charge is -2.39. The fraction of sp³-hybridized carbons (Fsp3) is 0.923. The predicted molar refractivity (Wildman–Crippen MR) is 62.7 cm³/mol. The zero-order chi connectivity index (χ0) is 11.3. The molecule has 4 fully saturated rings. The summed E-state index contributed by atoms with van der Waals surface area (Å²) in [7, 11) is 0. The molecule has 2 saturated carbocycles. The number of amides is 1. The van der Waals surface area contributed by atoms with Gasteiger partial charge in [0.05, 0.1) is 6.04 Å². The van der Waals surface area contributed by atoms with Gasteiger partial charge in [-0.3, -0.25) is 4.79 Å². The average molecular weight is 222 g/mol. The Kier molecular flexibility index (Phi) is 2.46. The van der Waals surface area contributed by atoms with Crippen molar-refractivity contribution in [1.82, 2.24) is 4.90 Å². The van der Waals surface area contributed by atoms with Crippen LogP contribution in [0.15, 0.2) is 0 Å². The van der Waals surface area contributed by atoms with Crippen molar-refractivity contribution in [3.05, 3.63) is 0 Å². The van der Waals surface area contributed by atoms with Crippen LogP contribution in [0.1, 0.15) is 39.0 Å². The van der Waals surface area contributed by atoms with Crippen molar-refractivity contribution >= 4 is 5.91 Å². The van der Waals surface area contributed by atoms with Crippen LogP contribution >= 0.6 is 0 Å². The summed E-state index contributed by atoms with van der Waals surface area (Å²) in [5.74, 6) is 2.74. The lowest BCUT2D eigenvalue weighted by molar-refractivity contribution is -0.135. The summed E-state index contributed by atoms with van der Waals surface area (Å²) in [4.78, 5) is 14.2. The zero-order valence-electron chi connectivity index (χ0n) is 10.1. The fourth-order valence-corrected chi connectivity index (χ4v) is 4.32. The molecule has 0 aromatic heterocycles. The highest BCUT2D eigenvalue weighted by Gasteiger charge is 2.44. The highest BCUT2D eigenvalue weighted by atomic mass is 16.2. The maximum absolute atomic E-state index is 12.1. The van der Waals surface area contributed by atoms with E-state index in [0.717, 1.165) is 24.3 Å². The summed E-state index contributed by atoms with van der Waals surface area (Å²) in [6, 6.07) is 0.186. The van der Waals surface area contributed by atoms with E-state index in [2.05, 4.69) is 4.90 Å². The Bertz CT molecular complexity index is 288. The third-order valence-corrected chi connectivity index (χ3v) is 4.78. The molecule has 4 bridgehead atoms. The summed E-state index contributed by atoms with van der Waals surface area (Å²) in [6.07, 6.45) is 6.62. The van der Waals surface area contributed by atoms with Crippen LogP contribution in [0.4, 0.5) is 0 Å². The molecule has 0 aromatic carbocycles. The normalized spacial score (nSPS) is 43.2. The number of carbonyl (C=O) groups is 1. The van der Waals surface area contributed by atoms with E-state index in [4.69, 9.17) is 5.73 Å². The van der Waals surface area contributed by atoms with Gasteiger partial charge in [-0.25, -0.2) is 0 Å². The summed E-state index contributed by atoms with van der Waals surface area (Å²) in [6.45, 7) is 2.80. The third-order valence-electron chi connectivity index (χ3n) is 4.78. The van der Waals surface area contributed by atoms with E-state index in [9.17, 15) is 4.79 Å². The maximum Gasteiger partial charge on any atom is 0.239 e. The Morgan fingerprint density at radius 3 is 2.25 bits per heavy atom. The quantitative estimate of drug-likeness (QED) is 0.728. The van der Waals surface area contributed by atoms with Crippen LogP contribution in [0.2, 0.25) is 0 Å². The van der Waals surface area contributed by atoms with E-state index in [1.807, 2.05) is 6.92 Å². The minimum absolute atomic E-state index is 0.179. The molecule has 3 nitrogen and oxygen atoms in total. The summed E-state index contributed by atoms with van der Waals surface area (Å²) in [5, 5.41) is 0. The first-order valence-corrected chi connectivity index (χ1v) is 6.69. The van der Waals surface area contributed by atoms with Gasteiger partial charge >= 0.3 is 0 Å². The van der Waals surface area contributed by atoms with Gasteiger partial charge in [0, 0.05) is 12.6 Å². The molecule has 1 amide bonds. The minimum Gasteiger partial charge on any atom is -0.338 e. The topological polar surface area (TPSA) is 46.3 Å². The maximum atomic E-state index is 12.1. The van der Waals surface area contributed by atoms with Crippen LogP contribution in [0.5, 0.6) is 0 Å². The molecular weight excluding hydrogens is 200 g/mol. The van der Waals surface area contributed by atoms with Crippen LogP contribution < -0.4 is 5.73 Å². The van der Waals surface area contributed by atoms with Gasteiger partial charge in [-0.05, 0) is 56.8 Å². The van der Waals surface area contributed by atoms with Gasteiger partial charge in [-0.15, -0.1) is 0 Å². The first-order chi connectivity index (χ1) is 7.63. The zero-order valence-corrected chi connectivity index (χ0v) is 10.1. The molecule has 90 valence electrons. The summed E-state index contributed by atoms with van der Waals surface area (Å²) >= 11 is 0. The van der Waals surface area contributed by atoms with Gasteiger partial charge < -0.3 is 10.6 Å². The first-order valence-electron chi connectivity index (χ1n) is 6.69. The molecule has 2 heterocycles. The second-order valence-corrected chi connectivity index (χ2v) is 6.21. The molecule has 4 rings (SSSR count). The van der Waals surface area contributed by atoms with Gasteiger partial charge in [0.2, 0.25) is 5.91 Å². The molecule has 0 aromatic rings. The monoisotopic (exact) mass is 222 g/mol. The molecule has 2 saturated heterocycles. The molecular formula is C13H22N2O. The lowest BCUT2D eigenvalue weighted by atomic mass is 9.68. The smallest absolute Gasteiger partial charge is 0.239 e. The first kappa shape index (κ1) is 10.6. The molecule has 3 heteroatoms. The molecule has 0 spiro atoms. The highest BCUT2D eigenvalue weighted by molar-refractivity contribution is 5.81. The van der Waals surface area contributed by atoms with Crippen molar-refractivity contribution in [1.29, 1.82) is 0 Å². The number of hydrogen-bond acceptors (Lipinski definition) is 2. The number of carbonyl (C=O) groups excluding carboxylic acids is 1. The van der Waals surface area contributed by atoms with Gasteiger partial charge in [-0.1, -0.05) is 0 Å². The highest BCUT2D eigenvalue weighted by Crippen LogP contribution is 2.47. The number of nitrogens with zero attached hydrogens (tertiary/aromatic N) is 1. The van der Waals surface area contributed by atoms with E-state index in [1.54, 1.807) is 0 Å². The molecule has 16 heavy (non-hydrogen) atoms. The van der Waals surface area contributed by atoms with Crippen molar-refractivity contribution in [3.8, 4) is 0 Å². The van der Waals surface area contributed by atoms with E-state index in [1.165, 1.54) is 32.1 Å². The molecule has 2 aliphatic carbocycles. The van der Waals surface area contributed by atoms with E-state index < -0.39 is 0 Å². The van der Waals surface area contributed by atoms with Gasteiger partial charge in [0.1, 0.15) is 0 Å². The minimum atomic E-state index is -0.323. The van der Waals surface area contributed by atoms with Crippen molar-refractivity contribution in [3.63, 3.8) is 0 Å². The summed E-state index contributed by atoms with van der Waals surface area (Å²) < 4.78 is 0. The standard InChI is InChI=1S/C13H22N2O/c1-8(14)13(16)15-7-11-3-9-2-10(4-11)6-12(15)5-9/h8-12H,2-7,14H2,1H3/t8-,9?,10?,11?,12?/m0/s1. The van der Waals surface area contributed by atoms with Crippen molar-refractivity contribution in [2.75, 3.05) is 6.54 Å². The Hall–Kier alpha value is -0.570. The van der Waals surface area contributed by atoms with Crippen LogP contribution in [-0.2, 0) is 4.79 Å². The van der Waals surface area contributed by atoms with E-state index >= 15 is 0 Å². The number of nitrogens with two attached hydrogens (primary N) is 1. The number of hydrogen-bond donors (Lipinski definition) is 1. The molecule has 2 N–H and O–H groups in total. The van der Waals surface area contributed by atoms with Crippen LogP contribution in [0, 0.1) is 17.8 Å². The number of fused-ring (bicyclic) bond motifs is 1. The predicted octanol–water partition coefficient (Wildman–Crippen LogP) is 1.37. The third kappa shape index (κ3) is 1.65. The molecule has 2 unspecified atom stereocenters. The lowest BCUT2D eigenvalue weighted by Crippen LogP contribution is -2.48. The van der Waals surface area contributed by atoms with Crippen LogP contribution in [0.3, 0.4) is 0 Å². The van der Waals surface area contributed by atoms with Crippen molar-refractivity contribution < 1.29 is 4.79 Å². The Labute approximate surface area is 97.4 Å². The fourth-order valence-electron chi connectivity index (χ4n) is 4.32. The van der Waals surface area contributed by atoms with Crippen molar-refractivity contribution in [2.45, 2.75) is 51.1 Å². The van der Waals surface area contributed by atoms with Crippen molar-refractivity contribution in [2.24, 2.45) is 23.5 Å². The molecule has 2 aliphatic heterocycles. The van der Waals surface area contributed by atoms with Gasteiger partial charge in [0.15, 0.2) is 0 Å².